The first kappa shape index (κ1) is 18.2. The van der Waals surface area contributed by atoms with Crippen molar-refractivity contribution < 1.29 is 22.7 Å². The van der Waals surface area contributed by atoms with Gasteiger partial charge in [-0.1, -0.05) is 12.1 Å². The molecule has 2 N–H and O–H groups in total. The highest BCUT2D eigenvalue weighted by molar-refractivity contribution is 5.80. The van der Waals surface area contributed by atoms with Crippen molar-refractivity contribution in [2.75, 3.05) is 18.8 Å². The lowest BCUT2D eigenvalue weighted by atomic mass is 9.93. The lowest BCUT2D eigenvalue weighted by Crippen LogP contribution is -2.39. The molecule has 0 spiro atoms. The van der Waals surface area contributed by atoms with E-state index in [0.29, 0.717) is 5.57 Å². The van der Waals surface area contributed by atoms with Gasteiger partial charge in [-0.25, -0.2) is 4.79 Å². The van der Waals surface area contributed by atoms with Crippen LogP contribution in [-0.4, -0.2) is 29.7 Å². The Labute approximate surface area is 139 Å². The number of ether oxygens (including phenoxy) is 1. The van der Waals surface area contributed by atoms with Crippen molar-refractivity contribution in [2.24, 2.45) is 0 Å². The summed E-state index contributed by atoms with van der Waals surface area (Å²) in [5.74, 6) is 0. The summed E-state index contributed by atoms with van der Waals surface area (Å²) in [6.07, 6.45) is -3.06. The molecule has 1 aliphatic heterocycles. The molecule has 7 heteroatoms. The van der Waals surface area contributed by atoms with Gasteiger partial charge in [0.2, 0.25) is 0 Å². The predicted molar refractivity (Wildman–Crippen MR) is 86.3 cm³/mol. The van der Waals surface area contributed by atoms with Crippen LogP contribution in [0.4, 0.5) is 23.7 Å². The molecule has 1 aromatic rings. The van der Waals surface area contributed by atoms with Crippen molar-refractivity contribution in [3.05, 3.63) is 35.4 Å². The van der Waals surface area contributed by atoms with E-state index < -0.39 is 23.4 Å². The third-order valence-corrected chi connectivity index (χ3v) is 3.58. The largest absolute Gasteiger partial charge is 0.444 e. The van der Waals surface area contributed by atoms with Gasteiger partial charge in [0.05, 0.1) is 5.56 Å². The molecule has 1 heterocycles. The maximum absolute atomic E-state index is 13.2. The van der Waals surface area contributed by atoms with Crippen LogP contribution >= 0.6 is 0 Å². The second-order valence-corrected chi connectivity index (χ2v) is 6.67. The van der Waals surface area contributed by atoms with Crippen molar-refractivity contribution in [3.8, 4) is 0 Å². The molecule has 0 saturated heterocycles. The molecule has 0 radical (unpaired) electrons. The number of hydrogen-bond donors (Lipinski definition) is 1. The molecular formula is C17H21F3N2O2. The monoisotopic (exact) mass is 342 g/mol. The first-order valence-corrected chi connectivity index (χ1v) is 7.62. The zero-order valence-electron chi connectivity index (χ0n) is 13.9. The van der Waals surface area contributed by atoms with Crippen LogP contribution in [0.2, 0.25) is 0 Å². The van der Waals surface area contributed by atoms with Crippen molar-refractivity contribution in [3.63, 3.8) is 0 Å². The van der Waals surface area contributed by atoms with E-state index in [-0.39, 0.29) is 30.8 Å². The van der Waals surface area contributed by atoms with E-state index in [1.807, 2.05) is 0 Å². The van der Waals surface area contributed by atoms with E-state index >= 15 is 0 Å². The van der Waals surface area contributed by atoms with Crippen molar-refractivity contribution in [2.45, 2.75) is 39.0 Å². The van der Waals surface area contributed by atoms with Crippen LogP contribution in [0.3, 0.4) is 0 Å². The number of nitrogens with two attached hydrogens (primary N) is 1. The number of alkyl halides is 3. The topological polar surface area (TPSA) is 55.6 Å². The van der Waals surface area contributed by atoms with Gasteiger partial charge < -0.3 is 15.4 Å². The maximum atomic E-state index is 13.2. The average molecular weight is 342 g/mol. The Balaban J connectivity index is 2.24. The standard InChI is InChI=1S/C17H21F3N2O2/c1-16(2,3)24-15(23)22-9-7-11(8-10-22)14-12(17(18,19)20)5-4-6-13(14)21/h4-7H,8-10,21H2,1-3H3. The first-order chi connectivity index (χ1) is 11.0. The zero-order chi connectivity index (χ0) is 18.1. The zero-order valence-corrected chi connectivity index (χ0v) is 13.9. The number of halogens is 3. The number of nitrogens with zero attached hydrogens (tertiary/aromatic N) is 1. The van der Waals surface area contributed by atoms with Crippen LogP contribution in [0.15, 0.2) is 24.3 Å². The van der Waals surface area contributed by atoms with E-state index in [0.717, 1.165) is 6.07 Å². The molecule has 24 heavy (non-hydrogen) atoms. The summed E-state index contributed by atoms with van der Waals surface area (Å²) in [4.78, 5) is 13.5. The predicted octanol–water partition coefficient (Wildman–Crippen LogP) is 4.31. The van der Waals surface area contributed by atoms with Gasteiger partial charge in [-0.3, -0.25) is 0 Å². The number of nitrogen functional groups attached to an aromatic ring is 1. The second-order valence-electron chi connectivity index (χ2n) is 6.67. The number of benzene rings is 1. The summed E-state index contributed by atoms with van der Waals surface area (Å²) in [6, 6.07) is 3.76. The Kier molecular flexibility index (Phi) is 4.82. The van der Waals surface area contributed by atoms with Crippen LogP contribution in [0, 0.1) is 0 Å². The third kappa shape index (κ3) is 4.21. The lowest BCUT2D eigenvalue weighted by Gasteiger charge is -2.30. The molecule has 1 aliphatic rings. The maximum Gasteiger partial charge on any atom is 0.417 e. The molecule has 0 bridgehead atoms. The number of carbonyl (C=O) groups excluding carboxylic acids is 1. The van der Waals surface area contributed by atoms with Gasteiger partial charge >= 0.3 is 12.3 Å². The van der Waals surface area contributed by atoms with Gasteiger partial charge in [-0.15, -0.1) is 0 Å². The molecule has 0 atom stereocenters. The number of anilines is 1. The van der Waals surface area contributed by atoms with Crippen LogP contribution < -0.4 is 5.73 Å². The van der Waals surface area contributed by atoms with E-state index in [9.17, 15) is 18.0 Å². The highest BCUT2D eigenvalue weighted by Gasteiger charge is 2.35. The Morgan fingerprint density at radius 2 is 1.92 bits per heavy atom. The summed E-state index contributed by atoms with van der Waals surface area (Å²) in [6.45, 7) is 5.76. The fraction of sp³-hybridized carbons (Fsp3) is 0.471. The third-order valence-electron chi connectivity index (χ3n) is 3.58. The highest BCUT2D eigenvalue weighted by atomic mass is 19.4. The molecule has 0 unspecified atom stereocenters. The Bertz CT molecular complexity index is 661. The normalized spacial score (nSPS) is 15.9. The van der Waals surface area contributed by atoms with Crippen LogP contribution in [0.1, 0.15) is 38.3 Å². The SMILES string of the molecule is CC(C)(C)OC(=O)N1CC=C(c2c(N)cccc2C(F)(F)F)CC1. The van der Waals surface area contributed by atoms with E-state index in [1.165, 1.54) is 17.0 Å². The van der Waals surface area contributed by atoms with Crippen LogP contribution in [0.5, 0.6) is 0 Å². The minimum absolute atomic E-state index is 0.00818. The highest BCUT2D eigenvalue weighted by Crippen LogP contribution is 2.39. The summed E-state index contributed by atoms with van der Waals surface area (Å²) >= 11 is 0. The van der Waals surface area contributed by atoms with Crippen LogP contribution in [-0.2, 0) is 10.9 Å². The number of rotatable bonds is 1. The molecule has 0 aliphatic carbocycles. The Morgan fingerprint density at radius 3 is 2.42 bits per heavy atom. The van der Waals surface area contributed by atoms with Gasteiger partial charge in [0.25, 0.3) is 0 Å². The molecule has 1 aromatic carbocycles. The quantitative estimate of drug-likeness (QED) is 0.774. The summed E-state index contributed by atoms with van der Waals surface area (Å²) in [7, 11) is 0. The average Bonchev–Trinajstić information content (AvgIpc) is 2.44. The van der Waals surface area contributed by atoms with E-state index in [4.69, 9.17) is 10.5 Å². The number of hydrogen-bond acceptors (Lipinski definition) is 3. The molecule has 1 amide bonds. The summed E-state index contributed by atoms with van der Waals surface area (Å²) in [5.41, 5.74) is 5.01. The summed E-state index contributed by atoms with van der Waals surface area (Å²) in [5, 5.41) is 0. The second kappa shape index (κ2) is 6.37. The number of amides is 1. The minimum Gasteiger partial charge on any atom is -0.444 e. The van der Waals surface area contributed by atoms with E-state index in [1.54, 1.807) is 26.8 Å². The van der Waals surface area contributed by atoms with Gasteiger partial charge in [0.15, 0.2) is 0 Å². The molecule has 2 rings (SSSR count). The minimum atomic E-state index is -4.48. The Hall–Kier alpha value is -2.18. The van der Waals surface area contributed by atoms with Crippen molar-refractivity contribution in [1.82, 2.24) is 4.90 Å². The summed E-state index contributed by atoms with van der Waals surface area (Å²) < 4.78 is 44.9. The molecule has 0 saturated carbocycles. The molecular weight excluding hydrogens is 321 g/mol. The lowest BCUT2D eigenvalue weighted by molar-refractivity contribution is -0.137. The van der Waals surface area contributed by atoms with E-state index in [2.05, 4.69) is 0 Å². The molecule has 4 nitrogen and oxygen atoms in total. The first-order valence-electron chi connectivity index (χ1n) is 7.62. The number of carbonyl (C=O) groups is 1. The molecule has 0 aromatic heterocycles. The van der Waals surface area contributed by atoms with Gasteiger partial charge in [-0.05, 0) is 44.9 Å². The molecule has 0 fully saturated rings. The Morgan fingerprint density at radius 1 is 1.25 bits per heavy atom. The smallest absolute Gasteiger partial charge is 0.417 e. The van der Waals surface area contributed by atoms with Crippen molar-refractivity contribution in [1.29, 1.82) is 0 Å². The van der Waals surface area contributed by atoms with Gasteiger partial charge in [-0.2, -0.15) is 13.2 Å². The fourth-order valence-corrected chi connectivity index (χ4v) is 2.55. The van der Waals surface area contributed by atoms with Crippen LogP contribution in [0.25, 0.3) is 5.57 Å². The fourth-order valence-electron chi connectivity index (χ4n) is 2.55. The van der Waals surface area contributed by atoms with Gasteiger partial charge in [0.1, 0.15) is 5.60 Å². The molecule has 132 valence electrons. The van der Waals surface area contributed by atoms with Crippen molar-refractivity contribution >= 4 is 17.4 Å². The van der Waals surface area contributed by atoms with Gasteiger partial charge in [0, 0.05) is 24.3 Å².